The molecule has 4 rings (SSSR count). The SMILES string of the molecule is CC(=O)Cc1csc2cc(OCc3sc(-c4ccc(C(C)(F)P)cc4)nc3C)ccc12. The Morgan fingerprint density at radius 1 is 1.23 bits per heavy atom. The standard InChI is InChI=1S/C24H23FNO2PS2/c1-14(27)10-17-13-30-21-11-19(8-9-20(17)21)28-12-22-15(2)26-23(31-22)16-4-6-18(7-5-16)24(3,25)29/h4-9,11,13H,10,12,29H2,1-3H3. The van der Waals surface area contributed by atoms with Gasteiger partial charge < -0.3 is 4.74 Å². The highest BCUT2D eigenvalue weighted by Gasteiger charge is 2.19. The number of carbonyl (C=O) groups is 1. The predicted octanol–water partition coefficient (Wildman–Crippen LogP) is 7.06. The van der Waals surface area contributed by atoms with Crippen LogP contribution in [0, 0.1) is 6.92 Å². The topological polar surface area (TPSA) is 39.2 Å². The molecule has 0 aliphatic rings. The number of ketones is 1. The molecule has 2 heterocycles. The minimum atomic E-state index is -1.44. The van der Waals surface area contributed by atoms with Crippen molar-refractivity contribution in [3.8, 4) is 16.3 Å². The number of aromatic nitrogens is 1. The van der Waals surface area contributed by atoms with Crippen LogP contribution in [0.15, 0.2) is 47.8 Å². The van der Waals surface area contributed by atoms with Gasteiger partial charge in [-0.3, -0.25) is 4.79 Å². The van der Waals surface area contributed by atoms with E-state index >= 15 is 0 Å². The Morgan fingerprint density at radius 3 is 2.65 bits per heavy atom. The van der Waals surface area contributed by atoms with E-state index in [1.165, 1.54) is 6.92 Å². The van der Waals surface area contributed by atoms with Gasteiger partial charge in [0.1, 0.15) is 28.6 Å². The minimum Gasteiger partial charge on any atom is -0.488 e. The fourth-order valence-electron chi connectivity index (χ4n) is 3.33. The summed E-state index contributed by atoms with van der Waals surface area (Å²) < 4.78 is 21.2. The van der Waals surface area contributed by atoms with Gasteiger partial charge in [0.05, 0.1) is 10.6 Å². The first-order valence-corrected chi connectivity index (χ1v) is 12.2. The number of hydrogen-bond donors (Lipinski definition) is 0. The van der Waals surface area contributed by atoms with Gasteiger partial charge >= 0.3 is 0 Å². The normalized spacial score (nSPS) is 13.3. The van der Waals surface area contributed by atoms with Crippen molar-refractivity contribution in [2.45, 2.75) is 39.2 Å². The van der Waals surface area contributed by atoms with Gasteiger partial charge in [-0.05, 0) is 60.9 Å². The summed E-state index contributed by atoms with van der Waals surface area (Å²) in [5.41, 5.74) is 3.60. The summed E-state index contributed by atoms with van der Waals surface area (Å²) in [6, 6.07) is 13.4. The van der Waals surface area contributed by atoms with E-state index in [0.29, 0.717) is 18.6 Å². The second-order valence-corrected chi connectivity index (χ2v) is 10.8. The first-order valence-electron chi connectivity index (χ1n) is 9.88. The smallest absolute Gasteiger partial charge is 0.145 e. The summed E-state index contributed by atoms with van der Waals surface area (Å²) in [5, 5.41) is 2.62. The first kappa shape index (κ1) is 22.1. The van der Waals surface area contributed by atoms with Crippen molar-refractivity contribution in [1.29, 1.82) is 0 Å². The quantitative estimate of drug-likeness (QED) is 0.271. The Labute approximate surface area is 191 Å². The van der Waals surface area contributed by atoms with E-state index in [4.69, 9.17) is 4.74 Å². The molecule has 0 aliphatic heterocycles. The molecule has 4 aromatic rings. The molecule has 0 N–H and O–H groups in total. The fraction of sp³-hybridized carbons (Fsp3) is 0.250. The zero-order valence-electron chi connectivity index (χ0n) is 17.6. The predicted molar refractivity (Wildman–Crippen MR) is 131 cm³/mol. The van der Waals surface area contributed by atoms with Gasteiger partial charge in [0.2, 0.25) is 0 Å². The molecule has 0 saturated heterocycles. The van der Waals surface area contributed by atoms with E-state index in [0.717, 1.165) is 42.5 Å². The number of thiophene rings is 1. The number of benzene rings is 2. The molecule has 0 spiro atoms. The number of thiazole rings is 1. The van der Waals surface area contributed by atoms with Crippen molar-refractivity contribution in [1.82, 2.24) is 4.98 Å². The highest BCUT2D eigenvalue weighted by Crippen LogP contribution is 2.35. The number of Topliss-reactive ketones (excluding diaryl/α,β-unsaturated/α-hetero) is 1. The van der Waals surface area contributed by atoms with Gasteiger partial charge in [0.15, 0.2) is 0 Å². The molecule has 0 aliphatic carbocycles. The maximum absolute atomic E-state index is 14.1. The molecule has 0 radical (unpaired) electrons. The third kappa shape index (κ3) is 5.03. The van der Waals surface area contributed by atoms with Crippen molar-refractivity contribution in [2.24, 2.45) is 0 Å². The largest absolute Gasteiger partial charge is 0.488 e. The van der Waals surface area contributed by atoms with Gasteiger partial charge in [0.25, 0.3) is 0 Å². The zero-order valence-corrected chi connectivity index (χ0v) is 20.4. The zero-order chi connectivity index (χ0) is 22.2. The molecular weight excluding hydrogens is 448 g/mol. The number of carbonyl (C=O) groups excluding carboxylic acids is 1. The Morgan fingerprint density at radius 2 is 1.97 bits per heavy atom. The summed E-state index contributed by atoms with van der Waals surface area (Å²) >= 11 is 3.22. The number of ether oxygens (including phenoxy) is 1. The van der Waals surface area contributed by atoms with E-state index in [-0.39, 0.29) is 5.78 Å². The molecule has 2 aromatic heterocycles. The molecule has 7 heteroatoms. The molecule has 2 unspecified atom stereocenters. The minimum absolute atomic E-state index is 0.165. The van der Waals surface area contributed by atoms with E-state index in [1.807, 2.05) is 42.6 Å². The number of halogens is 1. The van der Waals surface area contributed by atoms with Crippen molar-refractivity contribution in [3.05, 3.63) is 69.5 Å². The average Bonchev–Trinajstić information content (AvgIpc) is 3.28. The van der Waals surface area contributed by atoms with E-state index in [2.05, 4.69) is 14.2 Å². The van der Waals surface area contributed by atoms with Crippen LogP contribution in [0.3, 0.4) is 0 Å². The van der Waals surface area contributed by atoms with Crippen molar-refractivity contribution in [2.75, 3.05) is 0 Å². The lowest BCUT2D eigenvalue weighted by molar-refractivity contribution is -0.116. The van der Waals surface area contributed by atoms with Gasteiger partial charge in [-0.15, -0.1) is 22.7 Å². The summed E-state index contributed by atoms with van der Waals surface area (Å²) in [7, 11) is 2.22. The molecule has 0 bridgehead atoms. The Kier molecular flexibility index (Phi) is 6.25. The second-order valence-electron chi connectivity index (χ2n) is 7.77. The molecular formula is C24H23FNO2PS2. The summed E-state index contributed by atoms with van der Waals surface area (Å²) in [6.45, 7) is 5.55. The molecule has 160 valence electrons. The number of alkyl halides is 1. The Hall–Kier alpha value is -2.14. The summed E-state index contributed by atoms with van der Waals surface area (Å²) in [6.07, 6.45) is 0.464. The van der Waals surface area contributed by atoms with E-state index < -0.39 is 5.41 Å². The third-order valence-corrected chi connectivity index (χ3v) is 7.53. The van der Waals surface area contributed by atoms with Crippen LogP contribution in [-0.2, 0) is 23.2 Å². The van der Waals surface area contributed by atoms with Crippen molar-refractivity contribution < 1.29 is 13.9 Å². The first-order chi connectivity index (χ1) is 14.7. The van der Waals surface area contributed by atoms with Gasteiger partial charge in [-0.2, -0.15) is 0 Å². The van der Waals surface area contributed by atoms with Gasteiger partial charge in [-0.25, -0.2) is 9.37 Å². The van der Waals surface area contributed by atoms with Crippen LogP contribution in [-0.4, -0.2) is 10.8 Å². The van der Waals surface area contributed by atoms with Crippen LogP contribution in [0.2, 0.25) is 0 Å². The molecule has 0 amide bonds. The number of fused-ring (bicyclic) bond motifs is 1. The molecule has 0 fully saturated rings. The lowest BCUT2D eigenvalue weighted by Gasteiger charge is -2.14. The number of aryl methyl sites for hydroxylation is 1. The lowest BCUT2D eigenvalue weighted by atomic mass is 10.1. The monoisotopic (exact) mass is 471 g/mol. The fourth-order valence-corrected chi connectivity index (χ4v) is 5.49. The molecule has 31 heavy (non-hydrogen) atoms. The van der Waals surface area contributed by atoms with Crippen LogP contribution in [0.5, 0.6) is 5.75 Å². The average molecular weight is 472 g/mol. The van der Waals surface area contributed by atoms with Crippen LogP contribution in [0.4, 0.5) is 4.39 Å². The van der Waals surface area contributed by atoms with Crippen molar-refractivity contribution >= 4 is 47.8 Å². The highest BCUT2D eigenvalue weighted by molar-refractivity contribution is 7.18. The van der Waals surface area contributed by atoms with Crippen molar-refractivity contribution in [3.63, 3.8) is 0 Å². The van der Waals surface area contributed by atoms with Gasteiger partial charge in [0, 0.05) is 16.7 Å². The van der Waals surface area contributed by atoms with Gasteiger partial charge in [-0.1, -0.05) is 33.5 Å². The maximum Gasteiger partial charge on any atom is 0.145 e. The van der Waals surface area contributed by atoms with Crippen LogP contribution in [0.1, 0.15) is 35.5 Å². The van der Waals surface area contributed by atoms with Crippen LogP contribution < -0.4 is 4.74 Å². The molecule has 0 saturated carbocycles. The summed E-state index contributed by atoms with van der Waals surface area (Å²) in [4.78, 5) is 17.2. The van der Waals surface area contributed by atoms with E-state index in [9.17, 15) is 9.18 Å². The highest BCUT2D eigenvalue weighted by atomic mass is 32.1. The lowest BCUT2D eigenvalue weighted by Crippen LogP contribution is -2.03. The van der Waals surface area contributed by atoms with Crippen LogP contribution >= 0.6 is 31.9 Å². The second kappa shape index (κ2) is 8.78. The summed E-state index contributed by atoms with van der Waals surface area (Å²) in [5.74, 6) is 0.962. The molecule has 2 aromatic carbocycles. The molecule has 2 atom stereocenters. The van der Waals surface area contributed by atoms with E-state index in [1.54, 1.807) is 41.7 Å². The Balaban J connectivity index is 1.48. The molecule has 3 nitrogen and oxygen atoms in total. The third-order valence-electron chi connectivity index (χ3n) is 5.03. The number of nitrogens with zero attached hydrogens (tertiary/aromatic N) is 1. The number of rotatable bonds is 7. The van der Waals surface area contributed by atoms with Crippen LogP contribution in [0.25, 0.3) is 20.7 Å². The maximum atomic E-state index is 14.1. The Bertz CT molecular complexity index is 1240. The number of hydrogen-bond acceptors (Lipinski definition) is 5.